The number of fused-ring (bicyclic) bond motifs is 1. The summed E-state index contributed by atoms with van der Waals surface area (Å²) in [7, 11) is 0. The highest BCUT2D eigenvalue weighted by molar-refractivity contribution is 9.10. The Morgan fingerprint density at radius 3 is 2.39 bits per heavy atom. The topological polar surface area (TPSA) is 40.6 Å². The van der Waals surface area contributed by atoms with Crippen LogP contribution < -0.4 is 4.90 Å². The number of amides is 2. The van der Waals surface area contributed by atoms with Gasteiger partial charge in [-0.05, 0) is 31.0 Å². The molecule has 0 bridgehead atoms. The number of carbonyl (C=O) groups is 2. The van der Waals surface area contributed by atoms with Crippen molar-refractivity contribution in [1.29, 1.82) is 0 Å². The summed E-state index contributed by atoms with van der Waals surface area (Å²) in [6, 6.07) is 5.82. The fraction of sp³-hybridized carbons (Fsp3) is 0.476. The molecule has 28 heavy (non-hydrogen) atoms. The molecule has 1 saturated heterocycles. The Labute approximate surface area is 184 Å². The molecule has 1 fully saturated rings. The standard InChI is InChI=1S/C21H25BrN2O2S2/c1-3-5-7-8-12-24-20(26)18(28-21(24)27)17-15-13-14(22)9-10-16(15)23(19(17)25)11-6-4-2/h9-10,13H,3-8,11-12H2,1-2H3. The minimum absolute atomic E-state index is 0.0898. The summed E-state index contributed by atoms with van der Waals surface area (Å²) >= 11 is 10.2. The first-order valence-electron chi connectivity index (χ1n) is 9.89. The zero-order valence-corrected chi connectivity index (χ0v) is 19.5. The quantitative estimate of drug-likeness (QED) is 0.270. The van der Waals surface area contributed by atoms with Gasteiger partial charge in [-0.1, -0.05) is 79.4 Å². The number of hydrogen-bond donors (Lipinski definition) is 0. The Morgan fingerprint density at radius 2 is 1.68 bits per heavy atom. The number of thiocarbonyl (C=S) groups is 1. The monoisotopic (exact) mass is 480 g/mol. The Balaban J connectivity index is 1.94. The Kier molecular flexibility index (Phi) is 7.34. The molecule has 0 aromatic heterocycles. The maximum Gasteiger partial charge on any atom is 0.267 e. The van der Waals surface area contributed by atoms with Crippen LogP contribution in [-0.4, -0.2) is 34.1 Å². The highest BCUT2D eigenvalue weighted by Crippen LogP contribution is 2.45. The van der Waals surface area contributed by atoms with E-state index >= 15 is 0 Å². The van der Waals surface area contributed by atoms with Crippen molar-refractivity contribution in [3.8, 4) is 0 Å². The van der Waals surface area contributed by atoms with Crippen molar-refractivity contribution in [3.63, 3.8) is 0 Å². The van der Waals surface area contributed by atoms with Crippen LogP contribution >= 0.6 is 39.9 Å². The van der Waals surface area contributed by atoms with E-state index in [2.05, 4.69) is 29.8 Å². The highest BCUT2D eigenvalue weighted by atomic mass is 79.9. The minimum atomic E-state index is -0.127. The van der Waals surface area contributed by atoms with Crippen molar-refractivity contribution in [2.45, 2.75) is 52.4 Å². The second-order valence-electron chi connectivity index (χ2n) is 7.06. The number of carbonyl (C=O) groups excluding carboxylic acids is 2. The number of benzene rings is 1. The van der Waals surface area contributed by atoms with Gasteiger partial charge in [0.15, 0.2) is 0 Å². The molecule has 2 heterocycles. The summed E-state index contributed by atoms with van der Waals surface area (Å²) in [6.07, 6.45) is 6.25. The second-order valence-corrected chi connectivity index (χ2v) is 9.62. The van der Waals surface area contributed by atoms with Gasteiger partial charge in [-0.25, -0.2) is 0 Å². The fourth-order valence-electron chi connectivity index (χ4n) is 3.50. The lowest BCUT2D eigenvalue weighted by Crippen LogP contribution is -2.30. The molecule has 1 aromatic rings. The van der Waals surface area contributed by atoms with Crippen LogP contribution in [0.3, 0.4) is 0 Å². The third-order valence-corrected chi connectivity index (χ3v) is 6.97. The number of thioether (sulfide) groups is 1. The third kappa shape index (κ3) is 4.21. The number of hydrogen-bond acceptors (Lipinski definition) is 4. The maximum atomic E-state index is 13.3. The van der Waals surface area contributed by atoms with Crippen LogP contribution in [0.5, 0.6) is 0 Å². The highest BCUT2D eigenvalue weighted by Gasteiger charge is 2.41. The molecule has 0 atom stereocenters. The van der Waals surface area contributed by atoms with Crippen LogP contribution in [0.25, 0.3) is 5.57 Å². The Bertz CT molecular complexity index is 838. The lowest BCUT2D eigenvalue weighted by Gasteiger charge is -2.16. The maximum absolute atomic E-state index is 13.3. The molecule has 0 radical (unpaired) electrons. The van der Waals surface area contributed by atoms with Crippen molar-refractivity contribution < 1.29 is 9.59 Å². The minimum Gasteiger partial charge on any atom is -0.308 e. The molecule has 0 saturated carbocycles. The number of anilines is 1. The first-order chi connectivity index (χ1) is 13.5. The molecular weight excluding hydrogens is 456 g/mol. The first-order valence-corrected chi connectivity index (χ1v) is 11.9. The van der Waals surface area contributed by atoms with Crippen molar-refractivity contribution in [1.82, 2.24) is 4.90 Å². The summed E-state index contributed by atoms with van der Waals surface area (Å²) < 4.78 is 1.45. The zero-order chi connectivity index (χ0) is 20.3. The van der Waals surface area contributed by atoms with E-state index in [1.807, 2.05) is 18.2 Å². The number of rotatable bonds is 8. The van der Waals surface area contributed by atoms with Gasteiger partial charge >= 0.3 is 0 Å². The molecule has 1 aromatic carbocycles. The third-order valence-electron chi connectivity index (χ3n) is 5.02. The summed E-state index contributed by atoms with van der Waals surface area (Å²) in [5, 5.41) is 0. The number of unbranched alkanes of at least 4 members (excludes halogenated alkanes) is 4. The van der Waals surface area contributed by atoms with E-state index in [1.54, 1.807) is 9.80 Å². The van der Waals surface area contributed by atoms with E-state index in [1.165, 1.54) is 11.8 Å². The smallest absolute Gasteiger partial charge is 0.267 e. The zero-order valence-electron chi connectivity index (χ0n) is 16.3. The van der Waals surface area contributed by atoms with Gasteiger partial charge in [0.05, 0.1) is 16.2 Å². The SMILES string of the molecule is CCCCCCN1C(=O)C(=C2C(=O)N(CCCC)c3ccc(Br)cc32)SC1=S. The van der Waals surface area contributed by atoms with E-state index in [9.17, 15) is 9.59 Å². The summed E-state index contributed by atoms with van der Waals surface area (Å²) in [5.41, 5.74) is 2.20. The molecule has 7 heteroatoms. The van der Waals surface area contributed by atoms with E-state index in [0.29, 0.717) is 27.9 Å². The Morgan fingerprint density at radius 1 is 0.964 bits per heavy atom. The summed E-state index contributed by atoms with van der Waals surface area (Å²) in [4.78, 5) is 30.3. The number of halogens is 1. The van der Waals surface area contributed by atoms with E-state index in [0.717, 1.165) is 54.2 Å². The van der Waals surface area contributed by atoms with Crippen molar-refractivity contribution >= 4 is 67.3 Å². The van der Waals surface area contributed by atoms with Crippen LogP contribution in [0.4, 0.5) is 5.69 Å². The summed E-state index contributed by atoms with van der Waals surface area (Å²) in [5.74, 6) is -0.217. The van der Waals surface area contributed by atoms with E-state index in [4.69, 9.17) is 12.2 Å². The summed E-state index contributed by atoms with van der Waals surface area (Å²) in [6.45, 7) is 5.55. The lowest BCUT2D eigenvalue weighted by molar-refractivity contribution is -0.122. The molecular formula is C21H25BrN2O2S2. The molecule has 150 valence electrons. The normalized spacial score (nSPS) is 19.2. The van der Waals surface area contributed by atoms with Crippen LogP contribution in [0, 0.1) is 0 Å². The van der Waals surface area contributed by atoms with Gasteiger partial charge in [-0.3, -0.25) is 14.5 Å². The van der Waals surface area contributed by atoms with Gasteiger partial charge in [0.1, 0.15) is 4.32 Å². The van der Waals surface area contributed by atoms with E-state index < -0.39 is 0 Å². The average molecular weight is 481 g/mol. The predicted molar refractivity (Wildman–Crippen MR) is 124 cm³/mol. The predicted octanol–water partition coefficient (Wildman–Crippen LogP) is 5.75. The molecule has 4 nitrogen and oxygen atoms in total. The lowest BCUT2D eigenvalue weighted by atomic mass is 10.1. The number of nitrogens with zero attached hydrogens (tertiary/aromatic N) is 2. The fourth-order valence-corrected chi connectivity index (χ4v) is 5.24. The van der Waals surface area contributed by atoms with Gasteiger partial charge < -0.3 is 4.90 Å². The molecule has 2 aliphatic heterocycles. The molecule has 2 amide bonds. The van der Waals surface area contributed by atoms with Crippen molar-refractivity contribution in [2.75, 3.05) is 18.0 Å². The van der Waals surface area contributed by atoms with Gasteiger partial charge in [0.25, 0.3) is 11.8 Å². The van der Waals surface area contributed by atoms with Crippen molar-refractivity contribution in [3.05, 3.63) is 33.1 Å². The Hall–Kier alpha value is -1.18. The molecule has 0 unspecified atom stereocenters. The second kappa shape index (κ2) is 9.55. The van der Waals surface area contributed by atoms with Gasteiger partial charge in [-0.15, -0.1) is 0 Å². The van der Waals surface area contributed by atoms with Gasteiger partial charge in [-0.2, -0.15) is 0 Å². The van der Waals surface area contributed by atoms with E-state index in [-0.39, 0.29) is 11.8 Å². The first kappa shape index (κ1) is 21.5. The molecule has 0 N–H and O–H groups in total. The van der Waals surface area contributed by atoms with Crippen LogP contribution in [-0.2, 0) is 9.59 Å². The molecule has 0 spiro atoms. The van der Waals surface area contributed by atoms with Gasteiger partial charge in [0, 0.05) is 23.1 Å². The molecule has 3 rings (SSSR count). The molecule has 0 aliphatic carbocycles. The molecule has 2 aliphatic rings. The van der Waals surface area contributed by atoms with Crippen LogP contribution in [0.15, 0.2) is 27.6 Å². The van der Waals surface area contributed by atoms with Crippen molar-refractivity contribution in [2.24, 2.45) is 0 Å². The van der Waals surface area contributed by atoms with Crippen LogP contribution in [0.1, 0.15) is 57.9 Å². The average Bonchev–Trinajstić information content (AvgIpc) is 3.09. The largest absolute Gasteiger partial charge is 0.308 e. The van der Waals surface area contributed by atoms with Gasteiger partial charge in [0.2, 0.25) is 0 Å². The van der Waals surface area contributed by atoms with Crippen LogP contribution in [0.2, 0.25) is 0 Å².